The molecule has 12 rings (SSSR count). The van der Waals surface area contributed by atoms with Crippen LogP contribution in [0, 0.1) is 0 Å². The van der Waals surface area contributed by atoms with E-state index in [-0.39, 0.29) is 68.9 Å². The molecule has 1 aromatic heterocycles. The third-order valence-corrected chi connectivity index (χ3v) is 16.9. The van der Waals surface area contributed by atoms with Crippen molar-refractivity contribution < 1.29 is 11.3 Å². The molecule has 2 atom stereocenters. The summed E-state index contributed by atoms with van der Waals surface area (Å²) in [6.07, 6.45) is 5.65. The maximum atomic E-state index is 9.39. The number of hydrogen-bond donors (Lipinski definition) is 0. The molecule has 0 radical (unpaired) electrons. The van der Waals surface area contributed by atoms with Crippen LogP contribution in [0.2, 0.25) is 0 Å². The van der Waals surface area contributed by atoms with Crippen molar-refractivity contribution >= 4 is 68.4 Å². The van der Waals surface area contributed by atoms with Crippen molar-refractivity contribution in [2.45, 2.75) is 148 Å². The van der Waals surface area contributed by atoms with E-state index >= 15 is 0 Å². The van der Waals surface area contributed by atoms with Crippen LogP contribution in [0.3, 0.4) is 0 Å². The summed E-state index contributed by atoms with van der Waals surface area (Å²) in [5.41, 5.74) is 17.8. The number of anilines is 6. The lowest BCUT2D eigenvalue weighted by Gasteiger charge is -2.44. The van der Waals surface area contributed by atoms with Crippen molar-refractivity contribution in [2.75, 3.05) is 9.80 Å². The van der Waals surface area contributed by atoms with Gasteiger partial charge < -0.3 is 9.32 Å². The molecule has 7 aromatic rings. The van der Waals surface area contributed by atoms with Crippen LogP contribution in [0.25, 0.3) is 22.1 Å². The Kier molecular flexibility index (Phi) is 7.21. The minimum Gasteiger partial charge on any atom is -0.440 e. The molecule has 4 heteroatoms. The zero-order valence-corrected chi connectivity index (χ0v) is 40.5. The van der Waals surface area contributed by atoms with Gasteiger partial charge in [0.2, 0.25) is 5.88 Å². The van der Waals surface area contributed by atoms with E-state index in [1.807, 2.05) is 0 Å². The van der Waals surface area contributed by atoms with Crippen molar-refractivity contribution in [1.82, 2.24) is 0 Å². The maximum Gasteiger partial charge on any atom is 0.257 e. The van der Waals surface area contributed by atoms with Gasteiger partial charge in [0.25, 0.3) is 6.71 Å². The van der Waals surface area contributed by atoms with Gasteiger partial charge in [-0.3, -0.25) is 4.90 Å². The second kappa shape index (κ2) is 13.1. The molecule has 2 unspecified atom stereocenters. The van der Waals surface area contributed by atoms with Crippen molar-refractivity contribution in [3.63, 3.8) is 0 Å². The minimum atomic E-state index is -0.404. The lowest BCUT2D eigenvalue weighted by atomic mass is 9.33. The van der Waals surface area contributed by atoms with Gasteiger partial charge in [-0.2, -0.15) is 0 Å². The monoisotopic (exact) mass is 858 g/mol. The molecule has 0 saturated heterocycles. The Morgan fingerprint density at radius 2 is 1.14 bits per heavy atom. The van der Waals surface area contributed by atoms with E-state index in [9.17, 15) is 2.74 Å². The van der Waals surface area contributed by atoms with Crippen LogP contribution in [0.5, 0.6) is 0 Å². The van der Waals surface area contributed by atoms with E-state index in [4.69, 9.17) is 8.53 Å². The minimum absolute atomic E-state index is 0.00459. The van der Waals surface area contributed by atoms with Gasteiger partial charge >= 0.3 is 0 Å². The van der Waals surface area contributed by atoms with E-state index in [0.29, 0.717) is 5.56 Å². The number of nitrogens with zero attached hydrogens (tertiary/aromatic N) is 2. The fourth-order valence-corrected chi connectivity index (χ4v) is 13.0. The lowest BCUT2D eigenvalue weighted by molar-refractivity contribution is 0.332. The van der Waals surface area contributed by atoms with Gasteiger partial charge in [0, 0.05) is 39.3 Å². The summed E-state index contributed by atoms with van der Waals surface area (Å²) in [6.45, 7) is 27.7. The predicted octanol–water partition coefficient (Wildman–Crippen LogP) is 14.8. The number of furan rings is 1. The van der Waals surface area contributed by atoms with Gasteiger partial charge in [0.15, 0.2) is 0 Å². The molecule has 3 heterocycles. The van der Waals surface area contributed by atoms with Gasteiger partial charge in [0.1, 0.15) is 5.58 Å². The number of hydrogen-bond acceptors (Lipinski definition) is 3. The van der Waals surface area contributed by atoms with Crippen LogP contribution >= 0.6 is 0 Å². The summed E-state index contributed by atoms with van der Waals surface area (Å²) in [6, 6.07) is 30.4. The summed E-state index contributed by atoms with van der Waals surface area (Å²) in [5, 5.41) is 1.14. The first-order valence-corrected chi connectivity index (χ1v) is 24.1. The summed E-state index contributed by atoms with van der Waals surface area (Å²) in [5.74, 6) is 0.769. The SMILES string of the molecule is [2H]c1c([2H])c([2H])c(-c2cc3c4c(c2)N(c2ccc5c(c2)C(C)(C)CCC5(C)C)c2oc5cc6c(cc5c2B4c2cc(C(C)(C)C)ccc2N3c2ccc(C(C)(C)C)cc2)C2(C)CCC6(C)C2)c([2H])c1[2H]. The molecule has 0 spiro atoms. The topological polar surface area (TPSA) is 19.6 Å². The first-order chi connectivity index (χ1) is 32.7. The maximum absolute atomic E-state index is 9.39. The summed E-state index contributed by atoms with van der Waals surface area (Å²) >= 11 is 0. The molecular formula is C61H65BN2O. The van der Waals surface area contributed by atoms with E-state index in [2.05, 4.69) is 178 Å². The van der Waals surface area contributed by atoms with E-state index in [1.54, 1.807) is 0 Å². The Morgan fingerprint density at radius 3 is 1.80 bits per heavy atom. The average Bonchev–Trinajstić information content (AvgIpc) is 3.91. The predicted molar refractivity (Wildman–Crippen MR) is 277 cm³/mol. The third-order valence-electron chi connectivity index (χ3n) is 16.9. The number of rotatable bonds is 3. The Bertz CT molecular complexity index is 3420. The summed E-state index contributed by atoms with van der Waals surface area (Å²) in [7, 11) is 0. The van der Waals surface area contributed by atoms with E-state index in [1.165, 1.54) is 51.7 Å². The van der Waals surface area contributed by atoms with Gasteiger partial charge in [-0.05, 0) is 175 Å². The molecule has 5 aliphatic rings. The highest BCUT2D eigenvalue weighted by atomic mass is 16.4. The Balaban J connectivity index is 1.25. The lowest BCUT2D eigenvalue weighted by Crippen LogP contribution is -2.61. The molecule has 2 bridgehead atoms. The van der Waals surface area contributed by atoms with Crippen LogP contribution in [0.15, 0.2) is 120 Å². The Labute approximate surface area is 395 Å². The highest BCUT2D eigenvalue weighted by Crippen LogP contribution is 2.61. The molecule has 1 fully saturated rings. The first kappa shape index (κ1) is 35.7. The van der Waals surface area contributed by atoms with Crippen molar-refractivity contribution in [3.05, 3.63) is 149 Å². The van der Waals surface area contributed by atoms with E-state index < -0.39 is 6.04 Å². The molecule has 2 aliphatic heterocycles. The Morgan fingerprint density at radius 1 is 0.538 bits per heavy atom. The highest BCUT2D eigenvalue weighted by Gasteiger charge is 2.54. The molecule has 1 saturated carbocycles. The number of benzene rings is 6. The highest BCUT2D eigenvalue weighted by molar-refractivity contribution is 7.01. The van der Waals surface area contributed by atoms with Crippen LogP contribution in [-0.4, -0.2) is 6.71 Å². The molecule has 65 heavy (non-hydrogen) atoms. The number of fused-ring (bicyclic) bond motifs is 12. The average molecular weight is 858 g/mol. The fourth-order valence-electron chi connectivity index (χ4n) is 13.0. The molecule has 3 nitrogen and oxygen atoms in total. The van der Waals surface area contributed by atoms with Crippen molar-refractivity contribution in [1.29, 1.82) is 0 Å². The van der Waals surface area contributed by atoms with Crippen LogP contribution in [-0.2, 0) is 32.5 Å². The largest absolute Gasteiger partial charge is 0.440 e. The molecule has 0 amide bonds. The normalized spacial score (nSPS) is 23.2. The third kappa shape index (κ3) is 5.87. The van der Waals surface area contributed by atoms with Gasteiger partial charge in [0.05, 0.1) is 6.85 Å². The van der Waals surface area contributed by atoms with Gasteiger partial charge in [-0.25, -0.2) is 0 Å². The quantitative estimate of drug-likeness (QED) is 0.165. The molecule has 6 aromatic carbocycles. The van der Waals surface area contributed by atoms with Crippen molar-refractivity contribution in [2.24, 2.45) is 0 Å². The second-order valence-electron chi connectivity index (χ2n) is 24.4. The molecule has 328 valence electrons. The van der Waals surface area contributed by atoms with E-state index in [0.717, 1.165) is 75.5 Å². The zero-order chi connectivity index (χ0) is 49.7. The standard InChI is InChI=1S/C61H65BN2O/c1-56(2,3)39-18-21-41(22-19-39)63-49-25-20-40(57(4,5)6)32-48(49)62-53-43-34-46-47(61(12)29-28-60(46,11)36-61)35-52(43)65-55(53)64(42-23-24-44-45(33-42)59(9,10)27-26-58(44,7)8)51-31-38(30-50(63)54(51)62)37-16-14-13-15-17-37/h13-25,30-35H,26-29,36H2,1-12H3/i13D,14D,15D,16D,17D. The first-order valence-electron chi connectivity index (χ1n) is 26.6. The smallest absolute Gasteiger partial charge is 0.257 e. The zero-order valence-electron chi connectivity index (χ0n) is 45.5. The van der Waals surface area contributed by atoms with Crippen LogP contribution in [0.1, 0.15) is 155 Å². The molecular weight excluding hydrogens is 787 g/mol. The van der Waals surface area contributed by atoms with Crippen LogP contribution in [0.4, 0.5) is 34.3 Å². The Hall–Kier alpha value is -5.48. The molecule has 0 N–H and O–H groups in total. The fraction of sp³-hybridized carbons (Fsp3) is 0.377. The second-order valence-corrected chi connectivity index (χ2v) is 24.4. The van der Waals surface area contributed by atoms with Crippen molar-refractivity contribution in [3.8, 4) is 11.1 Å². The summed E-state index contributed by atoms with van der Waals surface area (Å²) in [4.78, 5) is 4.69. The molecule has 3 aliphatic carbocycles. The summed E-state index contributed by atoms with van der Waals surface area (Å²) < 4.78 is 52.7. The van der Waals surface area contributed by atoms with Gasteiger partial charge in [-0.1, -0.05) is 144 Å². The van der Waals surface area contributed by atoms with Gasteiger partial charge in [-0.15, -0.1) is 0 Å². The van der Waals surface area contributed by atoms with Crippen LogP contribution < -0.4 is 26.2 Å².